The molecule has 0 aliphatic carbocycles. The Morgan fingerprint density at radius 1 is 1.39 bits per heavy atom. The molecule has 0 saturated carbocycles. The molecule has 1 aromatic heterocycles. The number of aromatic nitrogens is 1. The molecule has 1 atom stereocenters. The molecule has 0 aliphatic heterocycles. The first-order valence-electron chi connectivity index (χ1n) is 5.83. The van der Waals surface area contributed by atoms with Crippen LogP contribution in [0.5, 0.6) is 0 Å². The van der Waals surface area contributed by atoms with Gasteiger partial charge in [0.25, 0.3) is 0 Å². The van der Waals surface area contributed by atoms with E-state index in [0.717, 1.165) is 12.2 Å². The van der Waals surface area contributed by atoms with Crippen molar-refractivity contribution in [2.75, 3.05) is 0 Å². The number of aryl methyl sites for hydroxylation is 1. The second-order valence-electron chi connectivity index (χ2n) is 4.20. The molecule has 0 bridgehead atoms. The predicted octanol–water partition coefficient (Wildman–Crippen LogP) is 3.17. The summed E-state index contributed by atoms with van der Waals surface area (Å²) in [5.41, 5.74) is 4.86. The van der Waals surface area contributed by atoms with Crippen LogP contribution in [-0.2, 0) is 6.54 Å². The summed E-state index contributed by atoms with van der Waals surface area (Å²) >= 11 is 1.68. The summed E-state index contributed by atoms with van der Waals surface area (Å²) in [5.74, 6) is 0. The molecule has 0 aliphatic rings. The van der Waals surface area contributed by atoms with E-state index in [1.807, 2.05) is 36.7 Å². The molecule has 2 aromatic rings. The topological polar surface area (TPSA) is 48.7 Å². The quantitative estimate of drug-likeness (QED) is 0.915. The molecular formula is C14H15N3S. The number of nitrogens with one attached hydrogen (secondary N) is 1. The van der Waals surface area contributed by atoms with Crippen LogP contribution in [-0.4, -0.2) is 4.98 Å². The van der Waals surface area contributed by atoms with Crippen LogP contribution in [0.4, 0.5) is 0 Å². The van der Waals surface area contributed by atoms with E-state index >= 15 is 0 Å². The highest BCUT2D eigenvalue weighted by Gasteiger charge is 2.07. The van der Waals surface area contributed by atoms with Gasteiger partial charge in [-0.3, -0.25) is 0 Å². The highest BCUT2D eigenvalue weighted by Crippen LogP contribution is 2.16. The predicted molar refractivity (Wildman–Crippen MR) is 73.3 cm³/mol. The molecule has 0 fully saturated rings. The van der Waals surface area contributed by atoms with Gasteiger partial charge in [0.15, 0.2) is 0 Å². The highest BCUT2D eigenvalue weighted by molar-refractivity contribution is 7.09. The number of rotatable bonds is 4. The minimum Gasteiger partial charge on any atom is -0.305 e. The summed E-state index contributed by atoms with van der Waals surface area (Å²) in [6, 6.07) is 10.1. The number of nitriles is 1. The fourth-order valence-corrected chi connectivity index (χ4v) is 2.43. The molecule has 1 heterocycles. The lowest BCUT2D eigenvalue weighted by Gasteiger charge is -2.13. The smallest absolute Gasteiger partial charge is 0.0991 e. The number of nitrogens with zero attached hydrogens (tertiary/aromatic N) is 2. The Morgan fingerprint density at radius 3 is 2.67 bits per heavy atom. The summed E-state index contributed by atoms with van der Waals surface area (Å²) < 4.78 is 0. The van der Waals surface area contributed by atoms with Gasteiger partial charge in [-0.2, -0.15) is 5.26 Å². The van der Waals surface area contributed by atoms with E-state index in [-0.39, 0.29) is 6.04 Å². The number of thiazole rings is 1. The fourth-order valence-electron chi connectivity index (χ4n) is 1.71. The summed E-state index contributed by atoms with van der Waals surface area (Å²) in [6.07, 6.45) is 0. The Balaban J connectivity index is 1.97. The van der Waals surface area contributed by atoms with Crippen LogP contribution < -0.4 is 5.32 Å². The third-order valence-electron chi connectivity index (χ3n) is 2.95. The van der Waals surface area contributed by atoms with E-state index in [1.165, 1.54) is 10.4 Å². The molecule has 0 saturated heterocycles. The molecule has 0 spiro atoms. The Morgan fingerprint density at radius 2 is 2.11 bits per heavy atom. The zero-order valence-electron chi connectivity index (χ0n) is 10.5. The van der Waals surface area contributed by atoms with Gasteiger partial charge < -0.3 is 5.32 Å². The first-order chi connectivity index (χ1) is 8.70. The molecule has 4 heteroatoms. The van der Waals surface area contributed by atoms with Gasteiger partial charge in [-0.05, 0) is 31.5 Å². The summed E-state index contributed by atoms with van der Waals surface area (Å²) in [6.45, 7) is 4.98. The molecule has 0 radical (unpaired) electrons. The third kappa shape index (κ3) is 2.95. The Kier molecular flexibility index (Phi) is 4.08. The third-order valence-corrected chi connectivity index (χ3v) is 3.89. The van der Waals surface area contributed by atoms with Crippen LogP contribution in [0.2, 0.25) is 0 Å². The lowest BCUT2D eigenvalue weighted by Crippen LogP contribution is -2.17. The molecule has 1 unspecified atom stereocenters. The SMILES string of the molecule is Cc1ncsc1CNC(C)c1ccc(C#N)cc1. The van der Waals surface area contributed by atoms with Gasteiger partial charge in [0.05, 0.1) is 22.8 Å². The van der Waals surface area contributed by atoms with Crippen molar-refractivity contribution in [2.24, 2.45) is 0 Å². The maximum Gasteiger partial charge on any atom is 0.0991 e. The Labute approximate surface area is 111 Å². The standard InChI is InChI=1S/C14H15N3S/c1-10(13-5-3-12(7-15)4-6-13)16-8-14-11(2)17-9-18-14/h3-6,9-10,16H,8H2,1-2H3. The van der Waals surface area contributed by atoms with Crippen molar-refractivity contribution >= 4 is 11.3 Å². The Bertz CT molecular complexity index is 551. The first kappa shape index (κ1) is 12.7. The van der Waals surface area contributed by atoms with Crippen LogP contribution >= 0.6 is 11.3 Å². The van der Waals surface area contributed by atoms with Crippen molar-refractivity contribution in [1.82, 2.24) is 10.3 Å². The first-order valence-corrected chi connectivity index (χ1v) is 6.71. The summed E-state index contributed by atoms with van der Waals surface area (Å²) in [4.78, 5) is 5.51. The summed E-state index contributed by atoms with van der Waals surface area (Å²) in [5, 5.41) is 12.2. The molecule has 92 valence electrons. The fraction of sp³-hybridized carbons (Fsp3) is 0.286. The van der Waals surface area contributed by atoms with Crippen LogP contribution in [0.15, 0.2) is 29.8 Å². The Hall–Kier alpha value is -1.70. The van der Waals surface area contributed by atoms with Crippen molar-refractivity contribution < 1.29 is 0 Å². The van der Waals surface area contributed by atoms with E-state index in [1.54, 1.807) is 11.3 Å². The monoisotopic (exact) mass is 257 g/mol. The van der Waals surface area contributed by atoms with Gasteiger partial charge in [-0.25, -0.2) is 4.98 Å². The van der Waals surface area contributed by atoms with Crippen molar-refractivity contribution in [3.05, 3.63) is 51.5 Å². The van der Waals surface area contributed by atoms with E-state index < -0.39 is 0 Å². The zero-order valence-corrected chi connectivity index (χ0v) is 11.3. The van der Waals surface area contributed by atoms with Crippen LogP contribution in [0.1, 0.15) is 34.7 Å². The van der Waals surface area contributed by atoms with Crippen LogP contribution in [0, 0.1) is 18.3 Å². The number of hydrogen-bond acceptors (Lipinski definition) is 4. The molecule has 18 heavy (non-hydrogen) atoms. The van der Waals surface area contributed by atoms with E-state index in [9.17, 15) is 0 Å². The molecule has 0 amide bonds. The lowest BCUT2D eigenvalue weighted by molar-refractivity contribution is 0.577. The van der Waals surface area contributed by atoms with E-state index in [2.05, 4.69) is 23.3 Å². The normalized spacial score (nSPS) is 12.1. The van der Waals surface area contributed by atoms with Crippen molar-refractivity contribution in [3.8, 4) is 6.07 Å². The average Bonchev–Trinajstić information content (AvgIpc) is 2.81. The van der Waals surface area contributed by atoms with E-state index in [0.29, 0.717) is 5.56 Å². The number of hydrogen-bond donors (Lipinski definition) is 1. The van der Waals surface area contributed by atoms with Gasteiger partial charge in [0, 0.05) is 17.5 Å². The van der Waals surface area contributed by atoms with Gasteiger partial charge in [-0.1, -0.05) is 12.1 Å². The maximum absolute atomic E-state index is 8.75. The highest BCUT2D eigenvalue weighted by atomic mass is 32.1. The summed E-state index contributed by atoms with van der Waals surface area (Å²) in [7, 11) is 0. The van der Waals surface area contributed by atoms with Crippen LogP contribution in [0.25, 0.3) is 0 Å². The van der Waals surface area contributed by atoms with Crippen LogP contribution in [0.3, 0.4) is 0 Å². The molecule has 1 N–H and O–H groups in total. The maximum atomic E-state index is 8.75. The second-order valence-corrected chi connectivity index (χ2v) is 5.14. The minimum absolute atomic E-state index is 0.263. The zero-order chi connectivity index (χ0) is 13.0. The second kappa shape index (κ2) is 5.76. The van der Waals surface area contributed by atoms with E-state index in [4.69, 9.17) is 5.26 Å². The molecular weight excluding hydrogens is 242 g/mol. The molecule has 3 nitrogen and oxygen atoms in total. The van der Waals surface area contributed by atoms with Crippen molar-refractivity contribution in [2.45, 2.75) is 26.4 Å². The van der Waals surface area contributed by atoms with Gasteiger partial charge in [0.2, 0.25) is 0 Å². The number of benzene rings is 1. The molecule has 2 rings (SSSR count). The lowest BCUT2D eigenvalue weighted by atomic mass is 10.1. The van der Waals surface area contributed by atoms with Crippen molar-refractivity contribution in [1.29, 1.82) is 5.26 Å². The largest absolute Gasteiger partial charge is 0.305 e. The average molecular weight is 257 g/mol. The van der Waals surface area contributed by atoms with Gasteiger partial charge in [0.1, 0.15) is 0 Å². The minimum atomic E-state index is 0.263. The van der Waals surface area contributed by atoms with Crippen molar-refractivity contribution in [3.63, 3.8) is 0 Å². The van der Waals surface area contributed by atoms with Gasteiger partial charge >= 0.3 is 0 Å². The van der Waals surface area contributed by atoms with Gasteiger partial charge in [-0.15, -0.1) is 11.3 Å². The molecule has 1 aromatic carbocycles.